The summed E-state index contributed by atoms with van der Waals surface area (Å²) < 4.78 is 26.2. The van der Waals surface area contributed by atoms with Crippen molar-refractivity contribution in [1.29, 1.82) is 5.26 Å². The number of rotatable bonds is 7. The molecular formula is C21H23ClN2O7. The molecule has 0 saturated carbocycles. The standard InChI is InChI=1S/C21H23ClN2O7/c1-6-29-21(26)16-10(2)31-19(24)13(9-23)17(16)12-7-14(22)18(15(8-12)27-4)30-11(3)20(25)28-5/h7-8,11,17H,6,24H2,1-5H3. The molecule has 0 fully saturated rings. The third-order valence-electron chi connectivity index (χ3n) is 4.51. The summed E-state index contributed by atoms with van der Waals surface area (Å²) in [6, 6.07) is 5.02. The van der Waals surface area contributed by atoms with Crippen LogP contribution in [0.15, 0.2) is 34.9 Å². The minimum Gasteiger partial charge on any atom is -0.493 e. The number of methoxy groups -OCH3 is 2. The van der Waals surface area contributed by atoms with Crippen LogP contribution in [0.25, 0.3) is 0 Å². The van der Waals surface area contributed by atoms with Gasteiger partial charge in [-0.1, -0.05) is 11.6 Å². The van der Waals surface area contributed by atoms with E-state index in [1.54, 1.807) is 19.9 Å². The van der Waals surface area contributed by atoms with Crippen LogP contribution < -0.4 is 15.2 Å². The molecule has 1 aliphatic rings. The van der Waals surface area contributed by atoms with Gasteiger partial charge < -0.3 is 29.4 Å². The molecule has 1 aromatic carbocycles. The van der Waals surface area contributed by atoms with Crippen LogP contribution in [-0.2, 0) is 23.8 Å². The zero-order valence-electron chi connectivity index (χ0n) is 17.8. The van der Waals surface area contributed by atoms with E-state index >= 15 is 0 Å². The molecule has 0 radical (unpaired) electrons. The van der Waals surface area contributed by atoms with E-state index in [0.717, 1.165) is 0 Å². The maximum Gasteiger partial charge on any atom is 0.346 e. The number of ether oxygens (including phenoxy) is 5. The Morgan fingerprint density at radius 2 is 2.03 bits per heavy atom. The molecule has 0 saturated heterocycles. The van der Waals surface area contributed by atoms with Gasteiger partial charge in [-0.3, -0.25) is 0 Å². The number of carbonyl (C=O) groups is 2. The van der Waals surface area contributed by atoms with Crippen molar-refractivity contribution in [2.24, 2.45) is 5.73 Å². The summed E-state index contributed by atoms with van der Waals surface area (Å²) in [6.45, 7) is 4.84. The summed E-state index contributed by atoms with van der Waals surface area (Å²) in [5.41, 5.74) is 6.46. The molecule has 2 rings (SSSR count). The largest absolute Gasteiger partial charge is 0.493 e. The maximum absolute atomic E-state index is 12.6. The number of hydrogen-bond donors (Lipinski definition) is 1. The molecule has 0 spiro atoms. The van der Waals surface area contributed by atoms with E-state index in [2.05, 4.69) is 4.74 Å². The minimum atomic E-state index is -0.951. The summed E-state index contributed by atoms with van der Waals surface area (Å²) in [4.78, 5) is 24.4. The number of esters is 2. The first-order chi connectivity index (χ1) is 14.7. The zero-order chi connectivity index (χ0) is 23.3. The van der Waals surface area contributed by atoms with Gasteiger partial charge >= 0.3 is 11.9 Å². The van der Waals surface area contributed by atoms with Crippen LogP contribution in [-0.4, -0.2) is 38.9 Å². The van der Waals surface area contributed by atoms with E-state index in [0.29, 0.717) is 5.56 Å². The quantitative estimate of drug-likeness (QED) is 0.623. The van der Waals surface area contributed by atoms with Gasteiger partial charge in [0.2, 0.25) is 5.88 Å². The number of nitrogens with zero attached hydrogens (tertiary/aromatic N) is 1. The minimum absolute atomic E-state index is 0.0170. The van der Waals surface area contributed by atoms with Crippen LogP contribution in [0.3, 0.4) is 0 Å². The highest BCUT2D eigenvalue weighted by atomic mass is 35.5. The Hall–Kier alpha value is -3.38. The number of allylic oxidation sites excluding steroid dienone is 2. The van der Waals surface area contributed by atoms with Crippen LogP contribution in [0, 0.1) is 11.3 Å². The van der Waals surface area contributed by atoms with Crippen LogP contribution in [0.2, 0.25) is 5.02 Å². The molecule has 10 heteroatoms. The smallest absolute Gasteiger partial charge is 0.346 e. The average Bonchev–Trinajstić information content (AvgIpc) is 2.73. The van der Waals surface area contributed by atoms with Gasteiger partial charge in [0, 0.05) is 0 Å². The van der Waals surface area contributed by atoms with Crippen molar-refractivity contribution in [3.05, 3.63) is 45.5 Å². The van der Waals surface area contributed by atoms with Crippen molar-refractivity contribution in [1.82, 2.24) is 0 Å². The maximum atomic E-state index is 12.6. The molecule has 9 nitrogen and oxygen atoms in total. The molecule has 0 aromatic heterocycles. The first-order valence-corrected chi connectivity index (χ1v) is 9.65. The fourth-order valence-electron chi connectivity index (χ4n) is 3.10. The molecule has 1 heterocycles. The van der Waals surface area contributed by atoms with Gasteiger partial charge in [-0.25, -0.2) is 9.59 Å². The van der Waals surface area contributed by atoms with Gasteiger partial charge in [-0.2, -0.15) is 5.26 Å². The number of nitrogens with two attached hydrogens (primary N) is 1. The molecule has 0 amide bonds. The topological polar surface area (TPSA) is 130 Å². The Kier molecular flexibility index (Phi) is 7.78. The number of halogens is 1. The van der Waals surface area contributed by atoms with Crippen LogP contribution in [0.4, 0.5) is 0 Å². The Morgan fingerprint density at radius 1 is 1.35 bits per heavy atom. The molecule has 166 valence electrons. The second-order valence-corrected chi connectivity index (χ2v) is 6.84. The highest BCUT2D eigenvalue weighted by Crippen LogP contribution is 2.45. The number of hydrogen-bond acceptors (Lipinski definition) is 9. The van der Waals surface area contributed by atoms with Gasteiger partial charge in [0.15, 0.2) is 17.6 Å². The predicted molar refractivity (Wildman–Crippen MR) is 110 cm³/mol. The van der Waals surface area contributed by atoms with E-state index in [1.807, 2.05) is 6.07 Å². The van der Waals surface area contributed by atoms with E-state index in [-0.39, 0.29) is 45.9 Å². The first-order valence-electron chi connectivity index (χ1n) is 9.27. The number of carbonyl (C=O) groups excluding carboxylic acids is 2. The van der Waals surface area contributed by atoms with Crippen molar-refractivity contribution >= 4 is 23.5 Å². The zero-order valence-corrected chi connectivity index (χ0v) is 18.5. The fourth-order valence-corrected chi connectivity index (χ4v) is 3.36. The predicted octanol–water partition coefficient (Wildman–Crippen LogP) is 2.93. The third kappa shape index (κ3) is 4.86. The van der Waals surface area contributed by atoms with Gasteiger partial charge in [-0.15, -0.1) is 0 Å². The van der Waals surface area contributed by atoms with E-state index in [1.165, 1.54) is 27.2 Å². The van der Waals surface area contributed by atoms with Crippen molar-refractivity contribution in [3.8, 4) is 17.6 Å². The van der Waals surface area contributed by atoms with Crippen molar-refractivity contribution in [2.45, 2.75) is 32.8 Å². The lowest BCUT2D eigenvalue weighted by molar-refractivity contribution is -0.148. The van der Waals surface area contributed by atoms with Crippen LogP contribution in [0.5, 0.6) is 11.5 Å². The SMILES string of the molecule is CCOC(=O)C1=C(C)OC(N)=C(C#N)C1c1cc(Cl)c(OC(C)C(=O)OC)c(OC)c1. The number of benzene rings is 1. The lowest BCUT2D eigenvalue weighted by Crippen LogP contribution is -2.26. The summed E-state index contributed by atoms with van der Waals surface area (Å²) in [7, 11) is 2.62. The van der Waals surface area contributed by atoms with E-state index in [9.17, 15) is 14.9 Å². The summed E-state index contributed by atoms with van der Waals surface area (Å²) in [5.74, 6) is -1.80. The molecule has 2 N–H and O–H groups in total. The van der Waals surface area contributed by atoms with Crippen LogP contribution in [0.1, 0.15) is 32.3 Å². The van der Waals surface area contributed by atoms with E-state index < -0.39 is 24.0 Å². The molecule has 1 aliphatic heterocycles. The van der Waals surface area contributed by atoms with Crippen molar-refractivity contribution in [2.75, 3.05) is 20.8 Å². The molecule has 0 bridgehead atoms. The summed E-state index contributed by atoms with van der Waals surface area (Å²) >= 11 is 6.43. The Bertz CT molecular complexity index is 994. The second kappa shape index (κ2) is 10.1. The van der Waals surface area contributed by atoms with E-state index in [4.69, 9.17) is 36.3 Å². The lowest BCUT2D eigenvalue weighted by atomic mass is 9.83. The molecule has 1 aromatic rings. The first kappa shape index (κ1) is 23.9. The molecule has 0 aliphatic carbocycles. The van der Waals surface area contributed by atoms with Gasteiger partial charge in [0.1, 0.15) is 17.4 Å². The fraction of sp³-hybridized carbons (Fsp3) is 0.381. The molecule has 2 unspecified atom stereocenters. The summed E-state index contributed by atoms with van der Waals surface area (Å²) in [5, 5.41) is 9.77. The Labute approximate surface area is 184 Å². The summed E-state index contributed by atoms with van der Waals surface area (Å²) in [6.07, 6.45) is -0.951. The van der Waals surface area contributed by atoms with Gasteiger partial charge in [-0.05, 0) is 38.5 Å². The monoisotopic (exact) mass is 450 g/mol. The second-order valence-electron chi connectivity index (χ2n) is 6.43. The molecular weight excluding hydrogens is 428 g/mol. The Balaban J connectivity index is 2.64. The highest BCUT2D eigenvalue weighted by molar-refractivity contribution is 6.32. The highest BCUT2D eigenvalue weighted by Gasteiger charge is 2.37. The lowest BCUT2D eigenvalue weighted by Gasteiger charge is -2.27. The third-order valence-corrected chi connectivity index (χ3v) is 4.79. The Morgan fingerprint density at radius 3 is 2.58 bits per heavy atom. The normalized spacial score (nSPS) is 16.7. The molecule has 31 heavy (non-hydrogen) atoms. The number of nitriles is 1. The van der Waals surface area contributed by atoms with Gasteiger partial charge in [0.25, 0.3) is 0 Å². The van der Waals surface area contributed by atoms with Gasteiger partial charge in [0.05, 0.1) is 37.3 Å². The van der Waals surface area contributed by atoms with Crippen molar-refractivity contribution < 1.29 is 33.3 Å². The average molecular weight is 451 g/mol. The van der Waals surface area contributed by atoms with Crippen molar-refractivity contribution in [3.63, 3.8) is 0 Å². The van der Waals surface area contributed by atoms with Crippen LogP contribution >= 0.6 is 11.6 Å². The molecule has 2 atom stereocenters.